The zero-order valence-corrected chi connectivity index (χ0v) is 9.34. The Kier molecular flexibility index (Phi) is 2.90. The van der Waals surface area contributed by atoms with Gasteiger partial charge in [-0.1, -0.05) is 32.0 Å². The van der Waals surface area contributed by atoms with E-state index < -0.39 is 0 Å². The largest absolute Gasteiger partial charge is 0.0648 e. The van der Waals surface area contributed by atoms with Crippen LogP contribution in [0.15, 0.2) is 18.2 Å². The van der Waals surface area contributed by atoms with Crippen LogP contribution < -0.4 is 0 Å². The van der Waals surface area contributed by atoms with Crippen molar-refractivity contribution in [1.29, 1.82) is 0 Å². The maximum atomic E-state index is 2.35. The molecular formula is C14H20. The molecule has 0 N–H and O–H groups in total. The van der Waals surface area contributed by atoms with Gasteiger partial charge in [-0.25, -0.2) is 0 Å². The summed E-state index contributed by atoms with van der Waals surface area (Å²) in [5, 5.41) is 0. The average Bonchev–Trinajstić information content (AvgIpc) is 2.27. The zero-order valence-electron chi connectivity index (χ0n) is 9.34. The Bertz CT molecular complexity index is 312. The molecular weight excluding hydrogens is 168 g/mol. The van der Waals surface area contributed by atoms with E-state index in [9.17, 15) is 0 Å². The molecule has 1 aromatic carbocycles. The first kappa shape index (κ1) is 9.76. The van der Waals surface area contributed by atoms with Crippen molar-refractivity contribution in [3.05, 3.63) is 34.9 Å². The standard InChI is InChI=1S/C14H20/c1-3-11(2)13-10-6-8-12-7-4-5-9-14(12)13/h6,8,10-11H,3-5,7,9H2,1-2H3. The highest BCUT2D eigenvalue weighted by Crippen LogP contribution is 2.30. The Hall–Kier alpha value is -0.780. The molecule has 0 bridgehead atoms. The number of hydrogen-bond donors (Lipinski definition) is 0. The highest BCUT2D eigenvalue weighted by atomic mass is 14.2. The van der Waals surface area contributed by atoms with Gasteiger partial charge in [0.1, 0.15) is 0 Å². The quantitative estimate of drug-likeness (QED) is 0.656. The zero-order chi connectivity index (χ0) is 9.97. The summed E-state index contributed by atoms with van der Waals surface area (Å²) in [6, 6.07) is 6.89. The van der Waals surface area contributed by atoms with Gasteiger partial charge in [0, 0.05) is 0 Å². The van der Waals surface area contributed by atoms with Crippen LogP contribution in [0.4, 0.5) is 0 Å². The summed E-state index contributed by atoms with van der Waals surface area (Å²) in [5.41, 5.74) is 4.91. The van der Waals surface area contributed by atoms with Crippen LogP contribution in [-0.4, -0.2) is 0 Å². The Balaban J connectivity index is 2.39. The minimum absolute atomic E-state index is 0.739. The highest BCUT2D eigenvalue weighted by molar-refractivity contribution is 5.38. The van der Waals surface area contributed by atoms with E-state index >= 15 is 0 Å². The van der Waals surface area contributed by atoms with Crippen molar-refractivity contribution in [2.45, 2.75) is 51.9 Å². The molecule has 0 amide bonds. The summed E-state index contributed by atoms with van der Waals surface area (Å²) in [5.74, 6) is 0.739. The Morgan fingerprint density at radius 1 is 1.21 bits per heavy atom. The molecule has 1 atom stereocenters. The summed E-state index contributed by atoms with van der Waals surface area (Å²) in [6.07, 6.45) is 6.66. The van der Waals surface area contributed by atoms with Crippen molar-refractivity contribution in [2.24, 2.45) is 0 Å². The normalized spacial score (nSPS) is 17.6. The monoisotopic (exact) mass is 188 g/mol. The fourth-order valence-corrected chi connectivity index (χ4v) is 2.49. The van der Waals surface area contributed by atoms with Crippen molar-refractivity contribution in [2.75, 3.05) is 0 Å². The van der Waals surface area contributed by atoms with Gasteiger partial charge < -0.3 is 0 Å². The molecule has 0 saturated heterocycles. The molecule has 0 spiro atoms. The van der Waals surface area contributed by atoms with Crippen LogP contribution in [0.2, 0.25) is 0 Å². The summed E-state index contributed by atoms with van der Waals surface area (Å²) in [4.78, 5) is 0. The predicted molar refractivity (Wildman–Crippen MR) is 61.8 cm³/mol. The van der Waals surface area contributed by atoms with Crippen molar-refractivity contribution >= 4 is 0 Å². The highest BCUT2D eigenvalue weighted by Gasteiger charge is 2.15. The van der Waals surface area contributed by atoms with Crippen molar-refractivity contribution in [3.8, 4) is 0 Å². The van der Waals surface area contributed by atoms with Crippen molar-refractivity contribution in [3.63, 3.8) is 0 Å². The summed E-state index contributed by atoms with van der Waals surface area (Å²) in [6.45, 7) is 4.64. The topological polar surface area (TPSA) is 0 Å². The summed E-state index contributed by atoms with van der Waals surface area (Å²) >= 11 is 0. The Labute approximate surface area is 87.3 Å². The van der Waals surface area contributed by atoms with E-state index in [4.69, 9.17) is 0 Å². The fraction of sp³-hybridized carbons (Fsp3) is 0.571. The summed E-state index contributed by atoms with van der Waals surface area (Å²) in [7, 11) is 0. The molecule has 1 unspecified atom stereocenters. The van der Waals surface area contributed by atoms with E-state index in [-0.39, 0.29) is 0 Å². The molecule has 0 nitrogen and oxygen atoms in total. The molecule has 76 valence electrons. The Morgan fingerprint density at radius 3 is 2.79 bits per heavy atom. The van der Waals surface area contributed by atoms with Crippen LogP contribution in [-0.2, 0) is 12.8 Å². The van der Waals surface area contributed by atoms with E-state index in [1.165, 1.54) is 32.1 Å². The van der Waals surface area contributed by atoms with Crippen LogP contribution in [0.1, 0.15) is 55.7 Å². The SMILES string of the molecule is CCC(C)c1cccc2c1CCCC2. The van der Waals surface area contributed by atoms with Crippen LogP contribution >= 0.6 is 0 Å². The maximum Gasteiger partial charge on any atom is -0.0190 e. The Morgan fingerprint density at radius 2 is 2.00 bits per heavy atom. The lowest BCUT2D eigenvalue weighted by molar-refractivity contribution is 0.655. The van der Waals surface area contributed by atoms with Gasteiger partial charge in [0.25, 0.3) is 0 Å². The molecule has 0 aliphatic heterocycles. The second-order valence-corrected chi connectivity index (χ2v) is 4.50. The van der Waals surface area contributed by atoms with Crippen LogP contribution in [0.25, 0.3) is 0 Å². The lowest BCUT2D eigenvalue weighted by Crippen LogP contribution is -2.07. The van der Waals surface area contributed by atoms with Crippen molar-refractivity contribution < 1.29 is 0 Å². The van der Waals surface area contributed by atoms with E-state index in [2.05, 4.69) is 32.0 Å². The smallest absolute Gasteiger partial charge is 0.0190 e. The molecule has 0 heteroatoms. The number of hydrogen-bond acceptors (Lipinski definition) is 0. The molecule has 0 radical (unpaired) electrons. The van der Waals surface area contributed by atoms with Crippen LogP contribution in [0.3, 0.4) is 0 Å². The lowest BCUT2D eigenvalue weighted by atomic mass is 9.83. The number of aryl methyl sites for hydroxylation is 1. The van der Waals surface area contributed by atoms with Gasteiger partial charge in [0.05, 0.1) is 0 Å². The van der Waals surface area contributed by atoms with Gasteiger partial charge in [-0.05, 0) is 54.7 Å². The predicted octanol–water partition coefficient (Wildman–Crippen LogP) is 4.08. The molecule has 0 saturated carbocycles. The minimum Gasteiger partial charge on any atom is -0.0648 e. The van der Waals surface area contributed by atoms with Crippen LogP contribution in [0, 0.1) is 0 Å². The van der Waals surface area contributed by atoms with Crippen molar-refractivity contribution in [1.82, 2.24) is 0 Å². The second-order valence-electron chi connectivity index (χ2n) is 4.50. The molecule has 0 heterocycles. The average molecular weight is 188 g/mol. The maximum absolute atomic E-state index is 2.35. The van der Waals surface area contributed by atoms with E-state index in [0.717, 1.165) is 5.92 Å². The van der Waals surface area contributed by atoms with E-state index in [0.29, 0.717) is 0 Å². The van der Waals surface area contributed by atoms with E-state index in [1.54, 1.807) is 16.7 Å². The summed E-state index contributed by atoms with van der Waals surface area (Å²) < 4.78 is 0. The van der Waals surface area contributed by atoms with Gasteiger partial charge in [-0.2, -0.15) is 0 Å². The molecule has 1 aliphatic rings. The third-order valence-corrected chi connectivity index (χ3v) is 3.58. The van der Waals surface area contributed by atoms with Gasteiger partial charge in [-0.3, -0.25) is 0 Å². The van der Waals surface area contributed by atoms with Gasteiger partial charge in [0.2, 0.25) is 0 Å². The molecule has 14 heavy (non-hydrogen) atoms. The molecule has 2 rings (SSSR count). The number of fused-ring (bicyclic) bond motifs is 1. The molecule has 0 aromatic heterocycles. The molecule has 1 aliphatic carbocycles. The fourth-order valence-electron chi connectivity index (χ4n) is 2.49. The second kappa shape index (κ2) is 4.16. The number of rotatable bonds is 2. The van der Waals surface area contributed by atoms with E-state index in [1.807, 2.05) is 0 Å². The molecule has 0 fully saturated rings. The number of benzene rings is 1. The van der Waals surface area contributed by atoms with Gasteiger partial charge >= 0.3 is 0 Å². The first-order chi connectivity index (χ1) is 6.83. The van der Waals surface area contributed by atoms with Gasteiger partial charge in [-0.15, -0.1) is 0 Å². The molecule has 1 aromatic rings. The lowest BCUT2D eigenvalue weighted by Gasteiger charge is -2.22. The van der Waals surface area contributed by atoms with Gasteiger partial charge in [0.15, 0.2) is 0 Å². The third kappa shape index (κ3) is 1.70. The third-order valence-electron chi connectivity index (χ3n) is 3.58. The first-order valence-electron chi connectivity index (χ1n) is 5.93. The van der Waals surface area contributed by atoms with Crippen LogP contribution in [0.5, 0.6) is 0 Å². The minimum atomic E-state index is 0.739. The first-order valence-corrected chi connectivity index (χ1v) is 5.93.